The number of rotatable bonds is 4. The van der Waals surface area contributed by atoms with Crippen LogP contribution in [-0.4, -0.2) is 24.8 Å². The maximum absolute atomic E-state index is 9.18. The van der Waals surface area contributed by atoms with Gasteiger partial charge >= 0.3 is 7.94 Å². The molecule has 0 radical (unpaired) electrons. The summed E-state index contributed by atoms with van der Waals surface area (Å²) in [6, 6.07) is 0. The van der Waals surface area contributed by atoms with Gasteiger partial charge in [0.1, 0.15) is 6.66 Å². The van der Waals surface area contributed by atoms with E-state index in [1.807, 2.05) is 13.8 Å². The Kier molecular flexibility index (Phi) is 8.46. The van der Waals surface area contributed by atoms with Crippen LogP contribution in [0.25, 0.3) is 0 Å². The van der Waals surface area contributed by atoms with Gasteiger partial charge in [0.05, 0.1) is 13.2 Å². The molecule has 0 saturated carbocycles. The summed E-state index contributed by atoms with van der Waals surface area (Å²) >= 11 is 0. The second-order valence-electron chi connectivity index (χ2n) is 1.64. The molecule has 0 aromatic carbocycles. The Morgan fingerprint density at radius 3 is 1.70 bits per heavy atom. The van der Waals surface area contributed by atoms with Gasteiger partial charge < -0.3 is 0 Å². The molecule has 3 nitrogen and oxygen atoms in total. The molecule has 0 amide bonds. The first-order valence-electron chi connectivity index (χ1n) is 3.00. The second kappa shape index (κ2) is 6.38. The van der Waals surface area contributed by atoms with E-state index < -0.39 is 7.94 Å². The van der Waals surface area contributed by atoms with Gasteiger partial charge in [-0.05, 0) is 13.8 Å². The lowest BCUT2D eigenvalue weighted by Crippen LogP contribution is -1.99. The largest absolute Gasteiger partial charge is 0.405 e. The third kappa shape index (κ3) is 6.78. The molecule has 0 aromatic heterocycles. The zero-order valence-corrected chi connectivity index (χ0v) is 8.52. The fraction of sp³-hybridized carbons (Fsp3) is 1.00. The smallest absolute Gasteiger partial charge is 0.197 e. The molecule has 10 heavy (non-hydrogen) atoms. The highest BCUT2D eigenvalue weighted by Gasteiger charge is 2.31. The van der Waals surface area contributed by atoms with Crippen LogP contribution >= 0.6 is 21.4 Å². The molecule has 0 atom stereocenters. The monoisotopic (exact) mass is 187 g/mol. The third-order valence-corrected chi connectivity index (χ3v) is 2.21. The van der Waals surface area contributed by atoms with Crippen LogP contribution < -0.4 is 0 Å². The van der Waals surface area contributed by atoms with E-state index in [0.717, 1.165) is 0 Å². The Morgan fingerprint density at radius 2 is 1.50 bits per heavy atom. The van der Waals surface area contributed by atoms with Crippen LogP contribution in [0.1, 0.15) is 13.8 Å². The van der Waals surface area contributed by atoms with Crippen LogP contribution in [-0.2, 0) is 9.05 Å². The molecule has 0 spiro atoms. The Labute approximate surface area is 69.8 Å². The highest BCUT2D eigenvalue weighted by Crippen LogP contribution is 2.52. The topological polar surface area (TPSA) is 38.7 Å². The molecule has 64 valence electrons. The number of hydrogen-bond donors (Lipinski definition) is 1. The SMILES string of the molecule is CCO[P+](C)(O)OCC.S. The maximum atomic E-state index is 9.18. The Hall–Kier alpha value is 0.660. The predicted molar refractivity (Wildman–Crippen MR) is 48.7 cm³/mol. The van der Waals surface area contributed by atoms with Crippen molar-refractivity contribution in [3.63, 3.8) is 0 Å². The van der Waals surface area contributed by atoms with Crippen LogP contribution in [0.4, 0.5) is 0 Å². The quantitative estimate of drug-likeness (QED) is 0.679. The molecule has 0 aliphatic rings. The van der Waals surface area contributed by atoms with Crippen molar-refractivity contribution in [2.45, 2.75) is 13.8 Å². The van der Waals surface area contributed by atoms with Gasteiger partial charge in [-0.15, -0.1) is 0 Å². The molecule has 5 heteroatoms. The fourth-order valence-electron chi connectivity index (χ4n) is 0.516. The zero-order chi connectivity index (χ0) is 7.33. The third-order valence-electron chi connectivity index (χ3n) is 0.737. The van der Waals surface area contributed by atoms with Crippen molar-refractivity contribution in [2.24, 2.45) is 0 Å². The molecule has 0 unspecified atom stereocenters. The molecule has 0 fully saturated rings. The van der Waals surface area contributed by atoms with Gasteiger partial charge in [0.2, 0.25) is 0 Å². The van der Waals surface area contributed by atoms with E-state index in [0.29, 0.717) is 13.2 Å². The van der Waals surface area contributed by atoms with E-state index >= 15 is 0 Å². The molecule has 0 aliphatic heterocycles. The van der Waals surface area contributed by atoms with E-state index in [4.69, 9.17) is 9.05 Å². The highest BCUT2D eigenvalue weighted by atomic mass is 32.1. The standard InChI is InChI=1S/C5H14O3P.H2S/c1-4-7-9(3,6)8-5-2;/h6H,4-5H2,1-3H3;1H2/q+1;. The lowest BCUT2D eigenvalue weighted by atomic mass is 10.9. The van der Waals surface area contributed by atoms with Gasteiger partial charge in [-0.1, -0.05) is 0 Å². The minimum atomic E-state index is -2.44. The van der Waals surface area contributed by atoms with Crippen molar-refractivity contribution < 1.29 is 13.9 Å². The first kappa shape index (κ1) is 13.3. The second-order valence-corrected chi connectivity index (χ2v) is 3.76. The Bertz CT molecular complexity index is 71.3. The molecule has 0 aliphatic carbocycles. The summed E-state index contributed by atoms with van der Waals surface area (Å²) < 4.78 is 9.83. The fourth-order valence-corrected chi connectivity index (χ4v) is 1.55. The maximum Gasteiger partial charge on any atom is 0.405 e. The molecule has 0 rings (SSSR count). The average Bonchev–Trinajstić information content (AvgIpc) is 1.64. The minimum absolute atomic E-state index is 0. The summed E-state index contributed by atoms with van der Waals surface area (Å²) in [5, 5.41) is 0. The van der Waals surface area contributed by atoms with E-state index in [1.54, 1.807) is 6.66 Å². The summed E-state index contributed by atoms with van der Waals surface area (Å²) in [4.78, 5) is 9.18. The van der Waals surface area contributed by atoms with Crippen molar-refractivity contribution in [3.05, 3.63) is 0 Å². The zero-order valence-electron chi connectivity index (χ0n) is 6.63. The first-order valence-corrected chi connectivity index (χ1v) is 5.03. The summed E-state index contributed by atoms with van der Waals surface area (Å²) in [5.74, 6) is 0. The van der Waals surface area contributed by atoms with Gasteiger partial charge in [0.15, 0.2) is 0 Å². The van der Waals surface area contributed by atoms with E-state index in [1.165, 1.54) is 0 Å². The average molecular weight is 187 g/mol. The first-order chi connectivity index (χ1) is 4.12. The molecule has 0 heterocycles. The van der Waals surface area contributed by atoms with Crippen LogP contribution in [0.3, 0.4) is 0 Å². The van der Waals surface area contributed by atoms with Crippen molar-refractivity contribution in [3.8, 4) is 0 Å². The number of hydrogen-bond acceptors (Lipinski definition) is 3. The summed E-state index contributed by atoms with van der Waals surface area (Å²) in [5.41, 5.74) is 0. The van der Waals surface area contributed by atoms with E-state index in [2.05, 4.69) is 0 Å². The van der Waals surface area contributed by atoms with Gasteiger partial charge in [-0.2, -0.15) is 27.4 Å². The molecule has 0 bridgehead atoms. The molecule has 0 aromatic rings. The van der Waals surface area contributed by atoms with Gasteiger partial charge in [-0.3, -0.25) is 0 Å². The lowest BCUT2D eigenvalue weighted by Gasteiger charge is -2.09. The molecule has 1 N–H and O–H groups in total. The van der Waals surface area contributed by atoms with Crippen molar-refractivity contribution in [1.29, 1.82) is 0 Å². The Morgan fingerprint density at radius 1 is 1.20 bits per heavy atom. The predicted octanol–water partition coefficient (Wildman–Crippen LogP) is 1.56. The van der Waals surface area contributed by atoms with Crippen molar-refractivity contribution in [1.82, 2.24) is 0 Å². The molecule has 0 saturated heterocycles. The lowest BCUT2D eigenvalue weighted by molar-refractivity contribution is 0.195. The van der Waals surface area contributed by atoms with E-state index in [9.17, 15) is 4.89 Å². The normalized spacial score (nSPS) is 10.8. The van der Waals surface area contributed by atoms with Crippen LogP contribution in [0.5, 0.6) is 0 Å². The van der Waals surface area contributed by atoms with Crippen LogP contribution in [0.15, 0.2) is 0 Å². The summed E-state index contributed by atoms with van der Waals surface area (Å²) in [7, 11) is -2.44. The van der Waals surface area contributed by atoms with Crippen molar-refractivity contribution in [2.75, 3.05) is 19.9 Å². The van der Waals surface area contributed by atoms with E-state index in [-0.39, 0.29) is 13.5 Å². The minimum Gasteiger partial charge on any atom is -0.197 e. The van der Waals surface area contributed by atoms with Crippen LogP contribution in [0, 0.1) is 0 Å². The Balaban J connectivity index is 0. The van der Waals surface area contributed by atoms with Gasteiger partial charge in [0, 0.05) is 0 Å². The molecular formula is C5H16O3PS+. The highest BCUT2D eigenvalue weighted by molar-refractivity contribution is 7.59. The summed E-state index contributed by atoms with van der Waals surface area (Å²) in [6.45, 7) is 6.24. The van der Waals surface area contributed by atoms with Crippen LogP contribution in [0.2, 0.25) is 0 Å². The van der Waals surface area contributed by atoms with Gasteiger partial charge in [-0.25, -0.2) is 0 Å². The van der Waals surface area contributed by atoms with Crippen molar-refractivity contribution >= 4 is 21.4 Å². The van der Waals surface area contributed by atoms with Gasteiger partial charge in [0.25, 0.3) is 0 Å². The molecular weight excluding hydrogens is 171 g/mol. The summed E-state index contributed by atoms with van der Waals surface area (Å²) in [6.07, 6.45) is 0.